The number of ether oxygens (including phenoxy) is 2. The van der Waals surface area contributed by atoms with Gasteiger partial charge in [-0.1, -0.05) is 0 Å². The molecule has 130 valence electrons. The highest BCUT2D eigenvalue weighted by atomic mass is 16.7. The summed E-state index contributed by atoms with van der Waals surface area (Å²) in [6, 6.07) is 2.12. The van der Waals surface area contributed by atoms with Gasteiger partial charge in [-0.25, -0.2) is 0 Å². The number of hydrogen-bond donors (Lipinski definition) is 7. The van der Waals surface area contributed by atoms with Crippen molar-refractivity contribution in [1.82, 2.24) is 0 Å². The lowest BCUT2D eigenvalue weighted by Crippen LogP contribution is -2.59. The van der Waals surface area contributed by atoms with Gasteiger partial charge in [-0.2, -0.15) is 0 Å². The number of aliphatic hydroxyl groups is 4. The number of benzene rings is 1. The number of rotatable bonds is 5. The van der Waals surface area contributed by atoms with Crippen LogP contribution < -0.4 is 0 Å². The van der Waals surface area contributed by atoms with Gasteiger partial charge in [0.15, 0.2) is 6.29 Å². The van der Waals surface area contributed by atoms with E-state index in [1.165, 1.54) is 0 Å². The lowest BCUT2D eigenvalue weighted by atomic mass is 9.99. The van der Waals surface area contributed by atoms with Gasteiger partial charge in [0.1, 0.15) is 41.7 Å². The number of aromatic hydroxyl groups is 3. The highest BCUT2D eigenvalue weighted by Crippen LogP contribution is 2.32. The van der Waals surface area contributed by atoms with E-state index in [-0.39, 0.29) is 35.8 Å². The van der Waals surface area contributed by atoms with Crippen LogP contribution in [0.2, 0.25) is 0 Å². The van der Waals surface area contributed by atoms with E-state index in [9.17, 15) is 30.6 Å². The van der Waals surface area contributed by atoms with E-state index in [4.69, 9.17) is 14.6 Å². The molecular weight excluding hydrogens is 312 g/mol. The molecule has 23 heavy (non-hydrogen) atoms. The molecule has 5 atom stereocenters. The molecule has 0 saturated carbocycles. The van der Waals surface area contributed by atoms with Crippen LogP contribution in [0.15, 0.2) is 12.1 Å². The third kappa shape index (κ3) is 3.83. The smallest absolute Gasteiger partial charge is 0.186 e. The molecule has 1 aliphatic rings. The molecule has 1 saturated heterocycles. The van der Waals surface area contributed by atoms with Crippen LogP contribution in [0.3, 0.4) is 0 Å². The fraction of sp³-hybridized carbons (Fsp3) is 0.571. The van der Waals surface area contributed by atoms with E-state index in [0.717, 1.165) is 12.1 Å². The van der Waals surface area contributed by atoms with Crippen molar-refractivity contribution in [3.8, 4) is 17.2 Å². The van der Waals surface area contributed by atoms with Crippen LogP contribution in [0.1, 0.15) is 5.56 Å². The topological polar surface area (TPSA) is 160 Å². The van der Waals surface area contributed by atoms with E-state index in [1.54, 1.807) is 0 Å². The lowest BCUT2D eigenvalue weighted by molar-refractivity contribution is -0.300. The number of phenols is 3. The van der Waals surface area contributed by atoms with Crippen LogP contribution >= 0.6 is 0 Å². The Morgan fingerprint density at radius 2 is 1.57 bits per heavy atom. The van der Waals surface area contributed by atoms with E-state index < -0.39 is 37.3 Å². The average Bonchev–Trinajstić information content (AvgIpc) is 2.49. The van der Waals surface area contributed by atoms with Gasteiger partial charge in [0, 0.05) is 24.1 Å². The summed E-state index contributed by atoms with van der Waals surface area (Å²) in [6.07, 6.45) is -6.86. The standard InChI is InChI=1S/C14H20O9/c15-5-10-11(19)12(20)13(21)14(23-10)22-2-1-7-8(17)3-6(16)4-9(7)18/h3-4,10-21H,1-2,5H2/t10-,11-,12+,13-,14-/m1/s1. The Balaban J connectivity index is 1.96. The fourth-order valence-electron chi connectivity index (χ4n) is 2.37. The Labute approximate surface area is 131 Å². The maximum absolute atomic E-state index is 9.79. The van der Waals surface area contributed by atoms with Crippen LogP contribution in [0.25, 0.3) is 0 Å². The SMILES string of the molecule is OC[C@H]1O[C@@H](OCCc2c(O)cc(O)cc2O)[C@H](O)[C@@H](O)[C@@H]1O. The molecule has 0 bridgehead atoms. The third-order valence-electron chi connectivity index (χ3n) is 3.67. The molecule has 2 rings (SSSR count). The van der Waals surface area contributed by atoms with Crippen LogP contribution in [-0.2, 0) is 15.9 Å². The Morgan fingerprint density at radius 1 is 0.957 bits per heavy atom. The van der Waals surface area contributed by atoms with Crippen molar-refractivity contribution < 1.29 is 45.2 Å². The predicted molar refractivity (Wildman–Crippen MR) is 74.9 cm³/mol. The second kappa shape index (κ2) is 7.30. The minimum absolute atomic E-state index is 0.0347. The molecule has 1 fully saturated rings. The van der Waals surface area contributed by atoms with Gasteiger partial charge in [0.25, 0.3) is 0 Å². The second-order valence-corrected chi connectivity index (χ2v) is 5.28. The highest BCUT2D eigenvalue weighted by molar-refractivity contribution is 5.48. The summed E-state index contributed by atoms with van der Waals surface area (Å²) in [5, 5.41) is 66.6. The Hall–Kier alpha value is -1.62. The molecule has 0 aliphatic carbocycles. The summed E-state index contributed by atoms with van der Waals surface area (Å²) in [5.74, 6) is -0.932. The number of aliphatic hydroxyl groups excluding tert-OH is 4. The van der Waals surface area contributed by atoms with E-state index >= 15 is 0 Å². The first-order valence-electron chi connectivity index (χ1n) is 7.01. The van der Waals surface area contributed by atoms with Crippen molar-refractivity contribution >= 4 is 0 Å². The second-order valence-electron chi connectivity index (χ2n) is 5.28. The zero-order valence-corrected chi connectivity index (χ0v) is 12.1. The summed E-state index contributed by atoms with van der Waals surface area (Å²) >= 11 is 0. The molecule has 7 N–H and O–H groups in total. The van der Waals surface area contributed by atoms with Crippen molar-refractivity contribution in [3.05, 3.63) is 17.7 Å². The Kier molecular flexibility index (Phi) is 5.63. The van der Waals surface area contributed by atoms with Crippen molar-refractivity contribution in [1.29, 1.82) is 0 Å². The molecule has 9 heteroatoms. The molecular formula is C14H20O9. The molecule has 1 aromatic rings. The summed E-state index contributed by atoms with van der Waals surface area (Å²) in [7, 11) is 0. The summed E-state index contributed by atoms with van der Waals surface area (Å²) in [6.45, 7) is -0.668. The van der Waals surface area contributed by atoms with Crippen molar-refractivity contribution in [2.24, 2.45) is 0 Å². The van der Waals surface area contributed by atoms with Gasteiger partial charge in [-0.3, -0.25) is 0 Å². The molecule has 0 spiro atoms. The highest BCUT2D eigenvalue weighted by Gasteiger charge is 2.43. The van der Waals surface area contributed by atoms with Crippen molar-refractivity contribution in [2.75, 3.05) is 13.2 Å². The van der Waals surface area contributed by atoms with Gasteiger partial charge in [-0.15, -0.1) is 0 Å². The zero-order chi connectivity index (χ0) is 17.1. The minimum Gasteiger partial charge on any atom is -0.508 e. The van der Waals surface area contributed by atoms with Crippen LogP contribution in [0, 0.1) is 0 Å². The Morgan fingerprint density at radius 3 is 2.13 bits per heavy atom. The maximum Gasteiger partial charge on any atom is 0.186 e. The van der Waals surface area contributed by atoms with Gasteiger partial charge in [0.05, 0.1) is 13.2 Å². The Bertz CT molecular complexity index is 510. The lowest BCUT2D eigenvalue weighted by Gasteiger charge is -2.39. The first kappa shape index (κ1) is 17.7. The first-order valence-corrected chi connectivity index (χ1v) is 7.01. The van der Waals surface area contributed by atoms with Crippen molar-refractivity contribution in [3.63, 3.8) is 0 Å². The molecule has 0 amide bonds. The van der Waals surface area contributed by atoms with E-state index in [0.29, 0.717) is 0 Å². The van der Waals surface area contributed by atoms with Gasteiger partial charge in [0.2, 0.25) is 0 Å². The quantitative estimate of drug-likeness (QED) is 0.329. The summed E-state index contributed by atoms with van der Waals surface area (Å²) in [4.78, 5) is 0. The van der Waals surface area contributed by atoms with Crippen LogP contribution in [0.5, 0.6) is 17.2 Å². The molecule has 9 nitrogen and oxygen atoms in total. The van der Waals surface area contributed by atoms with Crippen molar-refractivity contribution in [2.45, 2.75) is 37.1 Å². The third-order valence-corrected chi connectivity index (χ3v) is 3.67. The minimum atomic E-state index is -1.54. The number of phenolic OH excluding ortho intramolecular Hbond substituents is 3. The largest absolute Gasteiger partial charge is 0.508 e. The summed E-state index contributed by atoms with van der Waals surface area (Å²) < 4.78 is 10.4. The van der Waals surface area contributed by atoms with E-state index in [1.807, 2.05) is 0 Å². The molecule has 1 aromatic carbocycles. The molecule has 0 aromatic heterocycles. The maximum atomic E-state index is 9.79. The fourth-order valence-corrected chi connectivity index (χ4v) is 2.37. The zero-order valence-electron chi connectivity index (χ0n) is 12.1. The van der Waals surface area contributed by atoms with E-state index in [2.05, 4.69) is 0 Å². The number of hydrogen-bond acceptors (Lipinski definition) is 9. The van der Waals surface area contributed by atoms with Gasteiger partial charge < -0.3 is 45.2 Å². The first-order chi connectivity index (χ1) is 10.8. The predicted octanol–water partition coefficient (Wildman–Crippen LogP) is -1.84. The normalized spacial score (nSPS) is 31.2. The summed E-state index contributed by atoms with van der Waals surface area (Å²) in [5.41, 5.74) is 0.132. The van der Waals surface area contributed by atoms with Crippen LogP contribution in [0.4, 0.5) is 0 Å². The molecule has 0 radical (unpaired) electrons. The molecule has 0 unspecified atom stereocenters. The molecule has 1 aliphatic heterocycles. The van der Waals surface area contributed by atoms with Gasteiger partial charge in [-0.05, 0) is 0 Å². The van der Waals surface area contributed by atoms with Gasteiger partial charge >= 0.3 is 0 Å². The monoisotopic (exact) mass is 332 g/mol. The molecule has 1 heterocycles. The average molecular weight is 332 g/mol. The van der Waals surface area contributed by atoms with Crippen LogP contribution in [-0.4, -0.2) is 79.7 Å².